The molecule has 104 valence electrons. The normalized spacial score (nSPS) is 18.0. The van der Waals surface area contributed by atoms with Crippen molar-refractivity contribution in [2.75, 3.05) is 7.11 Å². The number of carbonyl (C=O) groups is 1. The lowest BCUT2D eigenvalue weighted by Crippen LogP contribution is -2.11. The minimum absolute atomic E-state index is 0.167. The summed E-state index contributed by atoms with van der Waals surface area (Å²) in [4.78, 5) is 11.5. The van der Waals surface area contributed by atoms with E-state index in [1.54, 1.807) is 0 Å². The van der Waals surface area contributed by atoms with E-state index in [0.29, 0.717) is 0 Å². The van der Waals surface area contributed by atoms with E-state index < -0.39 is 0 Å². The molecule has 1 aromatic rings. The van der Waals surface area contributed by atoms with Crippen LogP contribution in [-0.2, 0) is 16.0 Å². The van der Waals surface area contributed by atoms with Gasteiger partial charge in [-0.2, -0.15) is 0 Å². The van der Waals surface area contributed by atoms with Crippen LogP contribution in [0.2, 0.25) is 0 Å². The summed E-state index contributed by atoms with van der Waals surface area (Å²) in [5.41, 5.74) is 2.44. The molecule has 0 bridgehead atoms. The van der Waals surface area contributed by atoms with Crippen LogP contribution in [-0.4, -0.2) is 13.1 Å². The van der Waals surface area contributed by atoms with Crippen molar-refractivity contribution in [1.29, 1.82) is 0 Å². The van der Waals surface area contributed by atoms with Crippen LogP contribution in [0.25, 0.3) is 0 Å². The Balaban J connectivity index is 1.95. The quantitative estimate of drug-likeness (QED) is 0.762. The highest BCUT2D eigenvalue weighted by molar-refractivity contribution is 5.77. The smallest absolute Gasteiger partial charge is 0.312 e. The minimum Gasteiger partial charge on any atom is -0.469 e. The van der Waals surface area contributed by atoms with Crippen molar-refractivity contribution in [3.63, 3.8) is 0 Å². The fraction of sp³-hybridized carbons (Fsp3) is 0.588. The van der Waals surface area contributed by atoms with E-state index in [1.807, 2.05) is 6.92 Å². The summed E-state index contributed by atoms with van der Waals surface area (Å²) in [6.07, 6.45) is 8.13. The summed E-state index contributed by atoms with van der Waals surface area (Å²) in [5, 5.41) is 0. The highest BCUT2D eigenvalue weighted by atomic mass is 16.5. The molecule has 1 aliphatic rings. The van der Waals surface area contributed by atoms with E-state index in [2.05, 4.69) is 24.3 Å². The molecule has 1 fully saturated rings. The number of benzene rings is 1. The lowest BCUT2D eigenvalue weighted by Gasteiger charge is -2.21. The summed E-state index contributed by atoms with van der Waals surface area (Å²) in [6, 6.07) is 8.48. The summed E-state index contributed by atoms with van der Waals surface area (Å²) in [5.74, 6) is 0.520. The van der Waals surface area contributed by atoms with Crippen LogP contribution < -0.4 is 0 Å². The minimum atomic E-state index is -0.172. The molecular weight excluding hydrogens is 236 g/mol. The SMILES string of the molecule is COC(=O)[C@@H](C)c1ccc(CC2CCCCC2)cc1. The van der Waals surface area contributed by atoms with Crippen LogP contribution in [0.4, 0.5) is 0 Å². The van der Waals surface area contributed by atoms with Crippen molar-refractivity contribution >= 4 is 5.97 Å². The number of hydrogen-bond donors (Lipinski definition) is 0. The Morgan fingerprint density at radius 3 is 2.42 bits per heavy atom. The Bertz CT molecular complexity index is 402. The molecule has 0 saturated heterocycles. The molecule has 1 aliphatic carbocycles. The number of carbonyl (C=O) groups excluding carboxylic acids is 1. The van der Waals surface area contributed by atoms with Gasteiger partial charge in [-0.05, 0) is 30.4 Å². The summed E-state index contributed by atoms with van der Waals surface area (Å²) >= 11 is 0. The van der Waals surface area contributed by atoms with E-state index in [-0.39, 0.29) is 11.9 Å². The van der Waals surface area contributed by atoms with Gasteiger partial charge < -0.3 is 4.74 Å². The van der Waals surface area contributed by atoms with Gasteiger partial charge in [-0.1, -0.05) is 56.4 Å². The molecule has 0 radical (unpaired) electrons. The molecule has 19 heavy (non-hydrogen) atoms. The molecule has 0 unspecified atom stereocenters. The van der Waals surface area contributed by atoms with Gasteiger partial charge in [0.1, 0.15) is 0 Å². The molecule has 2 heteroatoms. The Labute approximate surface area is 116 Å². The molecule has 0 spiro atoms. The average molecular weight is 260 g/mol. The van der Waals surface area contributed by atoms with Crippen molar-refractivity contribution in [2.24, 2.45) is 5.92 Å². The Morgan fingerprint density at radius 1 is 1.21 bits per heavy atom. The van der Waals surface area contributed by atoms with Crippen LogP contribution in [0.15, 0.2) is 24.3 Å². The average Bonchev–Trinajstić information content (AvgIpc) is 2.47. The van der Waals surface area contributed by atoms with E-state index in [1.165, 1.54) is 51.2 Å². The first-order valence-corrected chi connectivity index (χ1v) is 7.37. The van der Waals surface area contributed by atoms with Gasteiger partial charge in [-0.3, -0.25) is 4.79 Å². The van der Waals surface area contributed by atoms with Crippen LogP contribution >= 0.6 is 0 Å². The third-order valence-corrected chi connectivity index (χ3v) is 4.28. The second-order valence-electron chi connectivity index (χ2n) is 5.69. The molecule has 1 atom stereocenters. The highest BCUT2D eigenvalue weighted by Gasteiger charge is 2.16. The van der Waals surface area contributed by atoms with Gasteiger partial charge in [-0.15, -0.1) is 0 Å². The summed E-state index contributed by atoms with van der Waals surface area (Å²) < 4.78 is 4.78. The van der Waals surface area contributed by atoms with E-state index in [0.717, 1.165) is 11.5 Å². The molecule has 1 saturated carbocycles. The number of esters is 1. The van der Waals surface area contributed by atoms with Crippen molar-refractivity contribution in [2.45, 2.75) is 51.4 Å². The van der Waals surface area contributed by atoms with Crippen LogP contribution in [0, 0.1) is 5.92 Å². The van der Waals surface area contributed by atoms with Gasteiger partial charge in [0, 0.05) is 0 Å². The van der Waals surface area contributed by atoms with E-state index >= 15 is 0 Å². The highest BCUT2D eigenvalue weighted by Crippen LogP contribution is 2.27. The predicted molar refractivity (Wildman–Crippen MR) is 77.2 cm³/mol. The third kappa shape index (κ3) is 3.82. The standard InChI is InChI=1S/C17H24O2/c1-13(17(18)19-2)16-10-8-15(9-11-16)12-14-6-4-3-5-7-14/h8-11,13-14H,3-7,12H2,1-2H3/t13-/m0/s1. The van der Waals surface area contributed by atoms with Crippen molar-refractivity contribution in [3.05, 3.63) is 35.4 Å². The van der Waals surface area contributed by atoms with Gasteiger partial charge in [0.2, 0.25) is 0 Å². The van der Waals surface area contributed by atoms with Crippen LogP contribution in [0.5, 0.6) is 0 Å². The van der Waals surface area contributed by atoms with Crippen LogP contribution in [0.1, 0.15) is 56.1 Å². The topological polar surface area (TPSA) is 26.3 Å². The first kappa shape index (κ1) is 14.1. The summed E-state index contributed by atoms with van der Waals surface area (Å²) in [7, 11) is 1.44. The summed E-state index contributed by atoms with van der Waals surface area (Å²) in [6.45, 7) is 1.89. The van der Waals surface area contributed by atoms with Gasteiger partial charge in [0.25, 0.3) is 0 Å². The van der Waals surface area contributed by atoms with Gasteiger partial charge >= 0.3 is 5.97 Å². The molecule has 0 amide bonds. The number of hydrogen-bond acceptors (Lipinski definition) is 2. The molecule has 2 rings (SSSR count). The fourth-order valence-electron chi connectivity index (χ4n) is 2.98. The lowest BCUT2D eigenvalue weighted by molar-refractivity contribution is -0.141. The van der Waals surface area contributed by atoms with Crippen molar-refractivity contribution < 1.29 is 9.53 Å². The largest absolute Gasteiger partial charge is 0.469 e. The molecule has 0 heterocycles. The zero-order chi connectivity index (χ0) is 13.7. The van der Waals surface area contributed by atoms with Gasteiger partial charge in [0.05, 0.1) is 13.0 Å². The van der Waals surface area contributed by atoms with E-state index in [9.17, 15) is 4.79 Å². The molecule has 0 aromatic heterocycles. The Morgan fingerprint density at radius 2 is 1.84 bits per heavy atom. The zero-order valence-corrected chi connectivity index (χ0v) is 12.0. The van der Waals surface area contributed by atoms with Crippen molar-refractivity contribution in [1.82, 2.24) is 0 Å². The lowest BCUT2D eigenvalue weighted by atomic mass is 9.84. The first-order valence-electron chi connectivity index (χ1n) is 7.37. The maximum Gasteiger partial charge on any atom is 0.312 e. The number of ether oxygens (including phenoxy) is 1. The second-order valence-corrected chi connectivity index (χ2v) is 5.69. The molecule has 1 aromatic carbocycles. The molecule has 0 aliphatic heterocycles. The zero-order valence-electron chi connectivity index (χ0n) is 12.0. The van der Waals surface area contributed by atoms with Gasteiger partial charge in [0.15, 0.2) is 0 Å². The first-order chi connectivity index (χ1) is 9.20. The van der Waals surface area contributed by atoms with E-state index in [4.69, 9.17) is 4.74 Å². The second kappa shape index (κ2) is 6.74. The third-order valence-electron chi connectivity index (χ3n) is 4.28. The fourth-order valence-corrected chi connectivity index (χ4v) is 2.98. The monoisotopic (exact) mass is 260 g/mol. The molecule has 0 N–H and O–H groups in total. The van der Waals surface area contributed by atoms with Crippen LogP contribution in [0.3, 0.4) is 0 Å². The number of rotatable bonds is 4. The number of methoxy groups -OCH3 is 1. The maximum atomic E-state index is 11.5. The Hall–Kier alpha value is -1.31. The van der Waals surface area contributed by atoms with Gasteiger partial charge in [-0.25, -0.2) is 0 Å². The maximum absolute atomic E-state index is 11.5. The molecular formula is C17H24O2. The Kier molecular flexibility index (Phi) is 5.00. The van der Waals surface area contributed by atoms with Crippen molar-refractivity contribution in [3.8, 4) is 0 Å². The predicted octanol–water partition coefficient (Wildman–Crippen LogP) is 4.09. The molecule has 2 nitrogen and oxygen atoms in total.